The van der Waals surface area contributed by atoms with E-state index in [0.717, 1.165) is 30.6 Å². The summed E-state index contributed by atoms with van der Waals surface area (Å²) in [6.45, 7) is 6.53. The molecule has 4 nitrogen and oxygen atoms in total. The van der Waals surface area contributed by atoms with Crippen LogP contribution in [0.15, 0.2) is 11.6 Å². The molecule has 2 saturated heterocycles. The number of nitrogens with one attached hydrogen (secondary N) is 1. The maximum atomic E-state index is 5.84. The molecule has 0 spiro atoms. The van der Waals surface area contributed by atoms with E-state index in [1.54, 1.807) is 11.3 Å². The third-order valence-corrected chi connectivity index (χ3v) is 4.72. The van der Waals surface area contributed by atoms with Gasteiger partial charge in [0.2, 0.25) is 0 Å². The minimum atomic E-state index is 0.195. The largest absolute Gasteiger partial charge is 0.368 e. The second-order valence-electron chi connectivity index (χ2n) is 5.18. The molecule has 3 heterocycles. The van der Waals surface area contributed by atoms with E-state index in [2.05, 4.69) is 15.2 Å². The van der Waals surface area contributed by atoms with Crippen LogP contribution in [0.25, 0.3) is 0 Å². The fraction of sp³-hybridized carbons (Fsp3) is 0.769. The van der Waals surface area contributed by atoms with Crippen LogP contribution in [0.4, 0.5) is 0 Å². The molecule has 18 heavy (non-hydrogen) atoms. The van der Waals surface area contributed by atoms with E-state index < -0.39 is 0 Å². The summed E-state index contributed by atoms with van der Waals surface area (Å²) in [7, 11) is 0. The van der Waals surface area contributed by atoms with Crippen LogP contribution in [0.5, 0.6) is 0 Å². The summed E-state index contributed by atoms with van der Waals surface area (Å²) in [6.07, 6.45) is 4.70. The lowest BCUT2D eigenvalue weighted by Gasteiger charge is -2.35. The Bertz CT molecular complexity index is 351. The average Bonchev–Trinajstić information content (AvgIpc) is 2.94. The van der Waals surface area contributed by atoms with E-state index in [-0.39, 0.29) is 6.10 Å². The highest BCUT2D eigenvalue weighted by molar-refractivity contribution is 7.09. The summed E-state index contributed by atoms with van der Waals surface area (Å²) in [5, 5.41) is 6.59. The SMILES string of the molecule is c1csc(C2CN(CC3CCNCC3)CCO2)n1. The number of aromatic nitrogens is 1. The molecule has 0 radical (unpaired) electrons. The van der Waals surface area contributed by atoms with Crippen molar-refractivity contribution in [2.45, 2.75) is 18.9 Å². The zero-order chi connectivity index (χ0) is 12.2. The molecule has 0 aliphatic carbocycles. The van der Waals surface area contributed by atoms with Gasteiger partial charge in [-0.1, -0.05) is 0 Å². The molecule has 100 valence electrons. The first-order chi connectivity index (χ1) is 8.92. The van der Waals surface area contributed by atoms with E-state index in [1.165, 1.54) is 32.5 Å². The summed E-state index contributed by atoms with van der Waals surface area (Å²) < 4.78 is 5.84. The van der Waals surface area contributed by atoms with Crippen molar-refractivity contribution >= 4 is 11.3 Å². The van der Waals surface area contributed by atoms with Gasteiger partial charge in [-0.2, -0.15) is 0 Å². The van der Waals surface area contributed by atoms with Gasteiger partial charge in [-0.15, -0.1) is 11.3 Å². The summed E-state index contributed by atoms with van der Waals surface area (Å²) in [6, 6.07) is 0. The van der Waals surface area contributed by atoms with Crippen LogP contribution in [0.3, 0.4) is 0 Å². The van der Waals surface area contributed by atoms with Crippen LogP contribution in [-0.4, -0.2) is 49.2 Å². The quantitative estimate of drug-likeness (QED) is 0.901. The van der Waals surface area contributed by atoms with E-state index in [9.17, 15) is 0 Å². The Labute approximate surface area is 112 Å². The van der Waals surface area contributed by atoms with E-state index in [0.29, 0.717) is 0 Å². The van der Waals surface area contributed by atoms with Gasteiger partial charge >= 0.3 is 0 Å². The van der Waals surface area contributed by atoms with E-state index >= 15 is 0 Å². The van der Waals surface area contributed by atoms with Crippen molar-refractivity contribution in [3.05, 3.63) is 16.6 Å². The fourth-order valence-corrected chi connectivity index (χ4v) is 3.52. The molecule has 2 fully saturated rings. The minimum Gasteiger partial charge on any atom is -0.368 e. The molecular weight excluding hydrogens is 246 g/mol. The first-order valence-corrected chi connectivity index (χ1v) is 7.74. The predicted molar refractivity (Wildman–Crippen MR) is 72.8 cm³/mol. The van der Waals surface area contributed by atoms with Gasteiger partial charge in [0.15, 0.2) is 0 Å². The molecule has 1 aromatic rings. The average molecular weight is 267 g/mol. The molecule has 5 heteroatoms. The fourth-order valence-electron chi connectivity index (χ4n) is 2.84. The number of morpholine rings is 1. The smallest absolute Gasteiger partial charge is 0.123 e. The number of piperidine rings is 1. The van der Waals surface area contributed by atoms with Crippen LogP contribution in [0.1, 0.15) is 24.0 Å². The van der Waals surface area contributed by atoms with Gasteiger partial charge in [-0.25, -0.2) is 4.98 Å². The highest BCUT2D eigenvalue weighted by Gasteiger charge is 2.25. The zero-order valence-corrected chi connectivity index (χ0v) is 11.5. The molecule has 2 aliphatic heterocycles. The first kappa shape index (κ1) is 12.5. The van der Waals surface area contributed by atoms with Crippen LogP contribution in [0, 0.1) is 5.92 Å². The maximum absolute atomic E-state index is 5.84. The van der Waals surface area contributed by atoms with Crippen LogP contribution >= 0.6 is 11.3 Å². The minimum absolute atomic E-state index is 0.195. The normalized spacial score (nSPS) is 27.4. The summed E-state index contributed by atoms with van der Waals surface area (Å²) in [4.78, 5) is 6.94. The molecule has 2 aliphatic rings. The lowest BCUT2D eigenvalue weighted by molar-refractivity contribution is -0.0357. The van der Waals surface area contributed by atoms with Gasteiger partial charge in [-0.05, 0) is 31.8 Å². The Kier molecular flexibility index (Phi) is 4.25. The maximum Gasteiger partial charge on any atom is 0.123 e. The molecular formula is C13H21N3OS. The number of hydrogen-bond donors (Lipinski definition) is 1. The van der Waals surface area contributed by atoms with Gasteiger partial charge in [0.25, 0.3) is 0 Å². The van der Waals surface area contributed by atoms with Crippen LogP contribution < -0.4 is 5.32 Å². The molecule has 1 N–H and O–H groups in total. The lowest BCUT2D eigenvalue weighted by atomic mass is 9.97. The van der Waals surface area contributed by atoms with E-state index in [4.69, 9.17) is 4.74 Å². The second kappa shape index (κ2) is 6.10. The molecule has 1 unspecified atom stereocenters. The van der Waals surface area contributed by atoms with Gasteiger partial charge in [-0.3, -0.25) is 4.90 Å². The number of hydrogen-bond acceptors (Lipinski definition) is 5. The second-order valence-corrected chi connectivity index (χ2v) is 6.11. The Morgan fingerprint density at radius 2 is 2.33 bits per heavy atom. The third-order valence-electron chi connectivity index (χ3n) is 3.85. The monoisotopic (exact) mass is 267 g/mol. The van der Waals surface area contributed by atoms with Crippen molar-refractivity contribution < 1.29 is 4.74 Å². The van der Waals surface area contributed by atoms with Crippen molar-refractivity contribution in [3.63, 3.8) is 0 Å². The molecule has 1 aromatic heterocycles. The Morgan fingerprint density at radius 3 is 3.11 bits per heavy atom. The molecule has 0 bridgehead atoms. The van der Waals surface area contributed by atoms with E-state index in [1.807, 2.05) is 11.6 Å². The van der Waals surface area contributed by atoms with Gasteiger partial charge in [0.1, 0.15) is 11.1 Å². The van der Waals surface area contributed by atoms with Gasteiger partial charge < -0.3 is 10.1 Å². The zero-order valence-electron chi connectivity index (χ0n) is 10.7. The van der Waals surface area contributed by atoms with Crippen molar-refractivity contribution in [2.24, 2.45) is 5.92 Å². The predicted octanol–water partition coefficient (Wildman–Crippen LogP) is 1.52. The first-order valence-electron chi connectivity index (χ1n) is 6.86. The highest BCUT2D eigenvalue weighted by atomic mass is 32.1. The number of rotatable bonds is 3. The number of nitrogens with zero attached hydrogens (tertiary/aromatic N) is 2. The van der Waals surface area contributed by atoms with Crippen molar-refractivity contribution in [3.8, 4) is 0 Å². The van der Waals surface area contributed by atoms with Gasteiger partial charge in [0, 0.05) is 31.2 Å². The van der Waals surface area contributed by atoms with Gasteiger partial charge in [0.05, 0.1) is 6.61 Å². The molecule has 3 rings (SSSR count). The van der Waals surface area contributed by atoms with Crippen molar-refractivity contribution in [2.75, 3.05) is 39.3 Å². The molecule has 0 aromatic carbocycles. The highest BCUT2D eigenvalue weighted by Crippen LogP contribution is 2.25. The Morgan fingerprint density at radius 1 is 1.44 bits per heavy atom. The summed E-state index contributed by atoms with van der Waals surface area (Å²) in [5.41, 5.74) is 0. The van der Waals surface area contributed by atoms with Crippen molar-refractivity contribution in [1.29, 1.82) is 0 Å². The summed E-state index contributed by atoms with van der Waals surface area (Å²) in [5.74, 6) is 0.862. The summed E-state index contributed by atoms with van der Waals surface area (Å²) >= 11 is 1.70. The Balaban J connectivity index is 1.53. The number of thiazole rings is 1. The Hall–Kier alpha value is -0.490. The third kappa shape index (κ3) is 3.09. The van der Waals surface area contributed by atoms with Crippen LogP contribution in [0.2, 0.25) is 0 Å². The number of ether oxygens (including phenoxy) is 1. The van der Waals surface area contributed by atoms with Crippen LogP contribution in [-0.2, 0) is 4.74 Å². The molecule has 0 saturated carbocycles. The molecule has 0 amide bonds. The standard InChI is InChI=1S/C13H21N3OS/c1-3-14-4-2-11(1)9-16-6-7-17-12(10-16)13-15-5-8-18-13/h5,8,11-12,14H,1-4,6-7,9-10H2. The molecule has 1 atom stereocenters. The van der Waals surface area contributed by atoms with Crippen molar-refractivity contribution in [1.82, 2.24) is 15.2 Å². The topological polar surface area (TPSA) is 37.4 Å². The lowest BCUT2D eigenvalue weighted by Crippen LogP contribution is -2.43.